The highest BCUT2D eigenvalue weighted by molar-refractivity contribution is 5.91. The number of unbranched alkanes of at least 4 members (excludes halogenated alkanes) is 1. The summed E-state index contributed by atoms with van der Waals surface area (Å²) in [6.07, 6.45) is 2.30. The average molecular weight is 872 g/mol. The van der Waals surface area contributed by atoms with Crippen LogP contribution in [0.25, 0.3) is 33.0 Å². The van der Waals surface area contributed by atoms with E-state index in [9.17, 15) is 14.4 Å². The van der Waals surface area contributed by atoms with E-state index in [1.54, 1.807) is 0 Å². The number of hydrogen-bond acceptors (Lipinski definition) is 10. The monoisotopic (exact) mass is 871 g/mol. The van der Waals surface area contributed by atoms with Gasteiger partial charge in [-0.15, -0.1) is 0 Å². The lowest BCUT2D eigenvalue weighted by Crippen LogP contribution is -2.33. The minimum Gasteiger partial charge on any atom is -0.493 e. The molecule has 344 valence electrons. The van der Waals surface area contributed by atoms with Crippen LogP contribution in [-0.4, -0.2) is 81.1 Å². The number of benzene rings is 4. The number of carbonyl (C=O) groups excluding carboxylic acids is 3. The Morgan fingerprint density at radius 1 is 0.413 bits per heavy atom. The summed E-state index contributed by atoms with van der Waals surface area (Å²) in [5, 5.41) is 10.4. The fourth-order valence-electron chi connectivity index (χ4n) is 6.05. The number of carbonyl (C=O) groups is 3. The molecule has 0 radical (unpaired) electrons. The summed E-state index contributed by atoms with van der Waals surface area (Å²) in [7, 11) is 0. The molecule has 4 aromatic rings. The second-order valence-corrected chi connectivity index (χ2v) is 18.3. The number of amides is 3. The molecule has 0 saturated heterocycles. The summed E-state index contributed by atoms with van der Waals surface area (Å²) >= 11 is 0. The van der Waals surface area contributed by atoms with E-state index in [4.69, 9.17) is 33.2 Å². The molecule has 0 saturated carbocycles. The molecule has 4 aromatic carbocycles. The van der Waals surface area contributed by atoms with Crippen molar-refractivity contribution in [3.63, 3.8) is 0 Å². The quantitative estimate of drug-likeness (QED) is 0.0545. The molecule has 3 N–H and O–H groups in total. The zero-order valence-electron chi connectivity index (χ0n) is 39.0. The van der Waals surface area contributed by atoms with Crippen LogP contribution < -0.4 is 34.9 Å². The van der Waals surface area contributed by atoms with Crippen LogP contribution in [0.5, 0.6) is 23.0 Å². The van der Waals surface area contributed by atoms with Gasteiger partial charge < -0.3 is 49.1 Å². The summed E-state index contributed by atoms with van der Waals surface area (Å²) in [6, 6.07) is 24.4. The number of ether oxygens (including phenoxy) is 7. The van der Waals surface area contributed by atoms with Crippen molar-refractivity contribution >= 4 is 29.1 Å². The Hall–Kier alpha value is -5.85. The largest absolute Gasteiger partial charge is 0.493 e. The zero-order valence-corrected chi connectivity index (χ0v) is 39.0. The van der Waals surface area contributed by atoms with Crippen LogP contribution in [0.15, 0.2) is 72.8 Å². The van der Waals surface area contributed by atoms with Gasteiger partial charge in [-0.05, 0) is 157 Å². The van der Waals surface area contributed by atoms with E-state index in [-0.39, 0.29) is 0 Å². The summed E-state index contributed by atoms with van der Waals surface area (Å²) < 4.78 is 40.7. The molecule has 0 unspecified atom stereocenters. The maximum Gasteiger partial charge on any atom is 0.407 e. The van der Waals surface area contributed by atoms with Crippen LogP contribution in [0.2, 0.25) is 0 Å². The summed E-state index contributed by atoms with van der Waals surface area (Å²) in [5.41, 5.74) is 2.10. The predicted molar refractivity (Wildman–Crippen MR) is 248 cm³/mol. The minimum absolute atomic E-state index is 0.357. The topological polar surface area (TPSA) is 152 Å². The van der Waals surface area contributed by atoms with Crippen LogP contribution in [0.4, 0.5) is 14.4 Å². The van der Waals surface area contributed by atoms with E-state index in [0.717, 1.165) is 51.6 Å². The Balaban J connectivity index is 1.53. The Labute approximate surface area is 373 Å². The Kier molecular flexibility index (Phi) is 18.6. The average Bonchev–Trinajstić information content (AvgIpc) is 3.18. The maximum atomic E-state index is 12.1. The molecule has 0 spiro atoms. The number of rotatable bonds is 21. The van der Waals surface area contributed by atoms with E-state index >= 15 is 0 Å². The molecule has 0 atom stereocenters. The third-order valence-corrected chi connectivity index (χ3v) is 8.81. The van der Waals surface area contributed by atoms with Gasteiger partial charge in [-0.1, -0.05) is 37.6 Å². The van der Waals surface area contributed by atoms with Crippen molar-refractivity contribution in [2.45, 2.75) is 118 Å². The molecule has 3 amide bonds. The van der Waals surface area contributed by atoms with Gasteiger partial charge in [0.05, 0.1) is 26.4 Å². The van der Waals surface area contributed by atoms with Gasteiger partial charge >= 0.3 is 18.3 Å². The van der Waals surface area contributed by atoms with Gasteiger partial charge in [0.25, 0.3) is 0 Å². The van der Waals surface area contributed by atoms with Crippen molar-refractivity contribution in [3.05, 3.63) is 72.8 Å². The van der Waals surface area contributed by atoms with E-state index in [0.29, 0.717) is 82.6 Å². The fourth-order valence-corrected chi connectivity index (χ4v) is 6.05. The molecule has 0 aliphatic rings. The standard InChI is InChI=1S/C50H69N3O10/c1-11-12-23-57-41-29-39(30-42(33-41)58-24-13-20-51-45(54)61-48(2,3)4)36-18-16-35-17-19-37(28-38(35)27-36)40-31-43(59-25-14-21-52-46(55)62-49(5,6)7)34-44(32-40)60-26-15-22-53-47(56)63-50(8,9)10/h16-19,27-34H,11-15,20-26H2,1-10H3,(H,51,54)(H,52,55)(H,53,56). The molecule has 4 rings (SSSR count). The third-order valence-electron chi connectivity index (χ3n) is 8.81. The number of hydrogen-bond donors (Lipinski definition) is 3. The van der Waals surface area contributed by atoms with E-state index in [1.165, 1.54) is 0 Å². The zero-order chi connectivity index (χ0) is 46.0. The molecule has 0 aliphatic heterocycles. The van der Waals surface area contributed by atoms with Gasteiger partial charge in [-0.25, -0.2) is 14.4 Å². The molecular formula is C50H69N3O10. The lowest BCUT2D eigenvalue weighted by Gasteiger charge is -2.19. The van der Waals surface area contributed by atoms with Crippen LogP contribution in [0.3, 0.4) is 0 Å². The van der Waals surface area contributed by atoms with Crippen molar-refractivity contribution in [2.75, 3.05) is 46.1 Å². The smallest absolute Gasteiger partial charge is 0.407 e. The molecule has 0 aromatic heterocycles. The molecule has 0 aliphatic carbocycles. The lowest BCUT2D eigenvalue weighted by molar-refractivity contribution is 0.0513. The molecule has 0 fully saturated rings. The second kappa shape index (κ2) is 23.6. The van der Waals surface area contributed by atoms with Crippen molar-refractivity contribution in [2.24, 2.45) is 0 Å². The first-order valence-corrected chi connectivity index (χ1v) is 22.0. The van der Waals surface area contributed by atoms with Crippen molar-refractivity contribution in [1.29, 1.82) is 0 Å². The first-order chi connectivity index (χ1) is 29.7. The number of nitrogens with one attached hydrogen (secondary N) is 3. The molecule has 0 heterocycles. The van der Waals surface area contributed by atoms with Crippen LogP contribution >= 0.6 is 0 Å². The van der Waals surface area contributed by atoms with Gasteiger partial charge in [-0.2, -0.15) is 0 Å². The van der Waals surface area contributed by atoms with Crippen molar-refractivity contribution in [3.8, 4) is 45.3 Å². The van der Waals surface area contributed by atoms with Crippen molar-refractivity contribution in [1.82, 2.24) is 16.0 Å². The molecule has 63 heavy (non-hydrogen) atoms. The predicted octanol–water partition coefficient (Wildman–Crippen LogP) is 11.2. The highest BCUT2D eigenvalue weighted by atomic mass is 16.6. The van der Waals surface area contributed by atoms with E-state index in [1.807, 2.05) is 98.7 Å². The normalized spacial score (nSPS) is 11.7. The van der Waals surface area contributed by atoms with Crippen molar-refractivity contribution < 1.29 is 47.5 Å². The molecular weight excluding hydrogens is 803 g/mol. The second-order valence-electron chi connectivity index (χ2n) is 18.3. The van der Waals surface area contributed by atoms with Gasteiger partial charge in [0.2, 0.25) is 0 Å². The van der Waals surface area contributed by atoms with Crippen LogP contribution in [-0.2, 0) is 14.2 Å². The Morgan fingerprint density at radius 2 is 0.730 bits per heavy atom. The summed E-state index contributed by atoms with van der Waals surface area (Å²) in [4.78, 5) is 36.3. The maximum absolute atomic E-state index is 12.1. The van der Waals surface area contributed by atoms with E-state index < -0.39 is 35.1 Å². The highest BCUT2D eigenvalue weighted by Crippen LogP contribution is 2.35. The van der Waals surface area contributed by atoms with Gasteiger partial charge in [0, 0.05) is 31.8 Å². The Bertz CT molecular complexity index is 2040. The SMILES string of the molecule is CCCCOc1cc(OCCCNC(=O)OC(C)(C)C)cc(-c2ccc3ccc(-c4cc(OCCCNC(=O)OC(C)(C)C)cc(OCCCNC(=O)OC(C)(C)C)c4)cc3c2)c1. The van der Waals surface area contributed by atoms with Gasteiger partial charge in [0.1, 0.15) is 39.8 Å². The number of fused-ring (bicyclic) bond motifs is 1. The lowest BCUT2D eigenvalue weighted by atomic mass is 9.97. The first-order valence-electron chi connectivity index (χ1n) is 22.0. The number of alkyl carbamates (subject to hydrolysis) is 3. The van der Waals surface area contributed by atoms with Gasteiger partial charge in [0.15, 0.2) is 0 Å². The van der Waals surface area contributed by atoms with Gasteiger partial charge in [-0.3, -0.25) is 0 Å². The first kappa shape index (κ1) is 49.8. The van der Waals surface area contributed by atoms with Crippen LogP contribution in [0.1, 0.15) is 101 Å². The highest BCUT2D eigenvalue weighted by Gasteiger charge is 2.18. The summed E-state index contributed by atoms with van der Waals surface area (Å²) in [6.45, 7) is 21.5. The third kappa shape index (κ3) is 19.4. The van der Waals surface area contributed by atoms with E-state index in [2.05, 4.69) is 59.3 Å². The van der Waals surface area contributed by atoms with Crippen LogP contribution in [0, 0.1) is 0 Å². The summed E-state index contributed by atoms with van der Waals surface area (Å²) in [5.74, 6) is 2.64. The fraction of sp³-hybridized carbons (Fsp3) is 0.500. The Morgan fingerprint density at radius 3 is 1.03 bits per heavy atom. The minimum atomic E-state index is -0.578. The molecule has 0 bridgehead atoms. The molecule has 13 nitrogen and oxygen atoms in total. The molecule has 13 heteroatoms.